The predicted molar refractivity (Wildman–Crippen MR) is 74.8 cm³/mol. The third-order valence-corrected chi connectivity index (χ3v) is 3.31. The molecule has 0 N–H and O–H groups in total. The highest BCUT2D eigenvalue weighted by atomic mass is 35.5. The maximum atomic E-state index is 10.7. The molecule has 2 rings (SSSR count). The molecular formula is C12H12ClN3OS. The average molecular weight is 282 g/mol. The van der Waals surface area contributed by atoms with E-state index in [0.717, 1.165) is 23.4 Å². The summed E-state index contributed by atoms with van der Waals surface area (Å²) in [5.74, 6) is 0.791. The van der Waals surface area contributed by atoms with E-state index in [1.165, 1.54) is 11.8 Å². The van der Waals surface area contributed by atoms with Crippen molar-refractivity contribution in [3.63, 3.8) is 0 Å². The lowest BCUT2D eigenvalue weighted by Gasteiger charge is -1.94. The second-order valence-electron chi connectivity index (χ2n) is 3.65. The predicted octanol–water partition coefficient (Wildman–Crippen LogP) is 3.07. The molecule has 0 amide bonds. The van der Waals surface area contributed by atoms with E-state index in [2.05, 4.69) is 10.1 Å². The van der Waals surface area contributed by atoms with E-state index in [0.29, 0.717) is 5.15 Å². The fourth-order valence-electron chi connectivity index (χ4n) is 1.46. The molecular weight excluding hydrogens is 270 g/mol. The van der Waals surface area contributed by atoms with E-state index in [-0.39, 0.29) is 5.12 Å². The Morgan fingerprint density at radius 3 is 3.22 bits per heavy atom. The van der Waals surface area contributed by atoms with Crippen LogP contribution in [-0.2, 0) is 4.79 Å². The van der Waals surface area contributed by atoms with Gasteiger partial charge in [0.25, 0.3) is 0 Å². The molecule has 0 spiro atoms. The van der Waals surface area contributed by atoms with E-state index in [9.17, 15) is 4.79 Å². The van der Waals surface area contributed by atoms with E-state index >= 15 is 0 Å². The Morgan fingerprint density at radius 2 is 2.44 bits per heavy atom. The molecule has 0 aromatic carbocycles. The van der Waals surface area contributed by atoms with Crippen LogP contribution in [-0.4, -0.2) is 25.5 Å². The van der Waals surface area contributed by atoms with Gasteiger partial charge in [-0.15, -0.1) is 0 Å². The lowest BCUT2D eigenvalue weighted by Crippen LogP contribution is -1.89. The molecule has 0 radical (unpaired) electrons. The van der Waals surface area contributed by atoms with Crippen molar-refractivity contribution < 1.29 is 4.79 Å². The summed E-state index contributed by atoms with van der Waals surface area (Å²) in [6.45, 7) is 1.57. The number of thioether (sulfide) groups is 1. The van der Waals surface area contributed by atoms with E-state index < -0.39 is 0 Å². The third-order valence-electron chi connectivity index (χ3n) is 2.25. The smallest absolute Gasteiger partial charge is 0.185 e. The number of aromatic nitrogens is 3. The number of carbonyl (C=O) groups excluding carboxylic acids is 1. The molecule has 0 saturated carbocycles. The first-order valence-electron chi connectivity index (χ1n) is 5.46. The van der Waals surface area contributed by atoms with Gasteiger partial charge in [-0.3, -0.25) is 4.79 Å². The number of halogens is 1. The number of fused-ring (bicyclic) bond motifs is 1. The standard InChI is InChI=1S/C12H12ClN3OS/c1-9(17)18-7-3-2-4-10-8-14-16-6-5-11(13)15-12(10)16/h2,4-6,8H,3,7H2,1H3. The Hall–Kier alpha value is -1.33. The minimum absolute atomic E-state index is 0.146. The van der Waals surface area contributed by atoms with Gasteiger partial charge in [-0.1, -0.05) is 35.5 Å². The Bertz CT molecular complexity index is 594. The Labute approximate surface area is 114 Å². The molecule has 2 heterocycles. The molecule has 6 heteroatoms. The Balaban J connectivity index is 2.05. The molecule has 0 aliphatic rings. The van der Waals surface area contributed by atoms with Crippen molar-refractivity contribution in [1.29, 1.82) is 0 Å². The second-order valence-corrected chi connectivity index (χ2v) is 5.31. The zero-order chi connectivity index (χ0) is 13.0. The summed E-state index contributed by atoms with van der Waals surface area (Å²) in [6, 6.07) is 1.69. The van der Waals surface area contributed by atoms with Gasteiger partial charge in [0.1, 0.15) is 5.15 Å². The summed E-state index contributed by atoms with van der Waals surface area (Å²) in [5, 5.41) is 4.77. The van der Waals surface area contributed by atoms with Crippen molar-refractivity contribution >= 4 is 40.2 Å². The molecule has 2 aromatic heterocycles. The summed E-state index contributed by atoms with van der Waals surface area (Å²) in [6.07, 6.45) is 8.31. The first-order chi connectivity index (χ1) is 8.66. The zero-order valence-electron chi connectivity index (χ0n) is 9.84. The highest BCUT2D eigenvalue weighted by Crippen LogP contribution is 2.13. The monoisotopic (exact) mass is 281 g/mol. The molecule has 0 bridgehead atoms. The lowest BCUT2D eigenvalue weighted by molar-refractivity contribution is -0.109. The van der Waals surface area contributed by atoms with Crippen molar-refractivity contribution in [2.75, 3.05) is 5.75 Å². The minimum atomic E-state index is 0.146. The van der Waals surface area contributed by atoms with Crippen LogP contribution in [0.25, 0.3) is 11.7 Å². The van der Waals surface area contributed by atoms with Gasteiger partial charge in [0, 0.05) is 24.4 Å². The van der Waals surface area contributed by atoms with Gasteiger partial charge < -0.3 is 0 Å². The summed E-state index contributed by atoms with van der Waals surface area (Å²) in [4.78, 5) is 15.0. The average Bonchev–Trinajstić information content (AvgIpc) is 2.71. The topological polar surface area (TPSA) is 47.3 Å². The summed E-state index contributed by atoms with van der Waals surface area (Å²) in [5.41, 5.74) is 1.66. The quantitative estimate of drug-likeness (QED) is 0.638. The first-order valence-corrected chi connectivity index (χ1v) is 6.83. The van der Waals surface area contributed by atoms with E-state index in [1.807, 2.05) is 12.2 Å². The second kappa shape index (κ2) is 6.02. The van der Waals surface area contributed by atoms with Crippen molar-refractivity contribution in [2.45, 2.75) is 13.3 Å². The maximum Gasteiger partial charge on any atom is 0.185 e. The van der Waals surface area contributed by atoms with Crippen molar-refractivity contribution in [3.05, 3.63) is 35.3 Å². The minimum Gasteiger partial charge on any atom is -0.288 e. The molecule has 0 aliphatic heterocycles. The Kier molecular flexibility index (Phi) is 4.38. The van der Waals surface area contributed by atoms with E-state index in [1.54, 1.807) is 29.9 Å². The molecule has 0 fully saturated rings. The summed E-state index contributed by atoms with van der Waals surface area (Å²) in [7, 11) is 0. The van der Waals surface area contributed by atoms with E-state index in [4.69, 9.17) is 11.6 Å². The van der Waals surface area contributed by atoms with Crippen LogP contribution in [0, 0.1) is 0 Å². The van der Waals surface area contributed by atoms with Gasteiger partial charge in [0.2, 0.25) is 0 Å². The summed E-state index contributed by atoms with van der Waals surface area (Å²) < 4.78 is 1.68. The molecule has 0 atom stereocenters. The fraction of sp³-hybridized carbons (Fsp3) is 0.250. The molecule has 0 aliphatic carbocycles. The molecule has 18 heavy (non-hydrogen) atoms. The van der Waals surface area contributed by atoms with Crippen LogP contribution in [0.15, 0.2) is 24.5 Å². The van der Waals surface area contributed by atoms with Gasteiger partial charge in [-0.2, -0.15) is 5.10 Å². The van der Waals surface area contributed by atoms with Crippen LogP contribution < -0.4 is 0 Å². The molecule has 2 aromatic rings. The number of carbonyl (C=O) groups is 1. The van der Waals surface area contributed by atoms with Gasteiger partial charge >= 0.3 is 0 Å². The number of nitrogens with zero attached hydrogens (tertiary/aromatic N) is 3. The molecule has 4 nitrogen and oxygen atoms in total. The van der Waals surface area contributed by atoms with Crippen molar-refractivity contribution in [3.8, 4) is 0 Å². The van der Waals surface area contributed by atoms with Crippen molar-refractivity contribution in [2.24, 2.45) is 0 Å². The Morgan fingerprint density at radius 1 is 1.61 bits per heavy atom. The van der Waals surface area contributed by atoms with Gasteiger partial charge in [0.15, 0.2) is 10.8 Å². The third kappa shape index (κ3) is 3.34. The number of allylic oxidation sites excluding steroid dienone is 1. The first kappa shape index (κ1) is 13.1. The van der Waals surface area contributed by atoms with Crippen molar-refractivity contribution in [1.82, 2.24) is 14.6 Å². The van der Waals surface area contributed by atoms with Gasteiger partial charge in [-0.25, -0.2) is 9.50 Å². The highest BCUT2D eigenvalue weighted by Gasteiger charge is 2.02. The zero-order valence-corrected chi connectivity index (χ0v) is 11.4. The van der Waals surface area contributed by atoms with Crippen LogP contribution in [0.4, 0.5) is 0 Å². The largest absolute Gasteiger partial charge is 0.288 e. The fourth-order valence-corrected chi connectivity index (χ4v) is 2.14. The van der Waals surface area contributed by atoms with Gasteiger partial charge in [0.05, 0.1) is 6.20 Å². The number of hydrogen-bond acceptors (Lipinski definition) is 4. The molecule has 0 saturated heterocycles. The van der Waals surface area contributed by atoms with Crippen LogP contribution in [0.1, 0.15) is 18.9 Å². The van der Waals surface area contributed by atoms with Gasteiger partial charge in [-0.05, 0) is 12.5 Å². The van der Waals surface area contributed by atoms with Crippen LogP contribution in [0.5, 0.6) is 0 Å². The van der Waals surface area contributed by atoms with Crippen LogP contribution >= 0.6 is 23.4 Å². The number of rotatable bonds is 4. The number of hydrogen-bond donors (Lipinski definition) is 0. The highest BCUT2D eigenvalue weighted by molar-refractivity contribution is 8.13. The molecule has 94 valence electrons. The van der Waals surface area contributed by atoms with Crippen LogP contribution in [0.3, 0.4) is 0 Å². The SMILES string of the molecule is CC(=O)SCCC=Cc1cnn2ccc(Cl)nc12. The molecule has 0 unspecified atom stereocenters. The lowest BCUT2D eigenvalue weighted by atomic mass is 10.3. The van der Waals surface area contributed by atoms with Crippen LogP contribution in [0.2, 0.25) is 5.15 Å². The summed E-state index contributed by atoms with van der Waals surface area (Å²) >= 11 is 7.18. The normalized spacial score (nSPS) is 11.4. The maximum absolute atomic E-state index is 10.7.